The zero-order valence-electron chi connectivity index (χ0n) is 40.7. The lowest BCUT2D eigenvalue weighted by atomic mass is 9.84. The molecule has 2 aromatic carbocycles. The zero-order chi connectivity index (χ0) is 50.6. The minimum atomic E-state index is -0.902. The lowest BCUT2D eigenvalue weighted by Crippen LogP contribution is -2.52. The topological polar surface area (TPSA) is 158 Å². The Kier molecular flexibility index (Phi) is 17.8. The van der Waals surface area contributed by atoms with Gasteiger partial charge in [-0.25, -0.2) is 14.8 Å². The van der Waals surface area contributed by atoms with E-state index in [0.717, 1.165) is 86.7 Å². The van der Waals surface area contributed by atoms with Crippen molar-refractivity contribution in [3.8, 4) is 0 Å². The van der Waals surface area contributed by atoms with Crippen LogP contribution in [0.2, 0.25) is 16.9 Å². The van der Waals surface area contributed by atoms with Gasteiger partial charge in [0.2, 0.25) is 0 Å². The number of aliphatic hydroxyl groups excluding tert-OH is 1. The maximum Gasteiger partial charge on any atom is 0.410 e. The number of rotatable bonds is 6. The highest BCUT2D eigenvalue weighted by Crippen LogP contribution is 2.45. The monoisotopic (exact) mass is 1080 g/mol. The molecule has 0 saturated carbocycles. The summed E-state index contributed by atoms with van der Waals surface area (Å²) in [6, 6.07) is 19.8. The van der Waals surface area contributed by atoms with E-state index in [0.29, 0.717) is 42.6 Å². The molecule has 3 atom stereocenters. The molecule has 2 saturated heterocycles. The fraction of sp³-hybridized carbons (Fsp3) is 0.358. The number of aromatic nitrogens is 6. The molecule has 4 aliphatic rings. The average molecular weight is 1080 g/mol. The van der Waals surface area contributed by atoms with E-state index in [1.165, 1.54) is 11.8 Å². The highest BCUT2D eigenvalue weighted by atomic mass is 79.9. The summed E-state index contributed by atoms with van der Waals surface area (Å²) in [5.74, 6) is 0. The number of carbonyl (C=O) groups is 2. The number of pyridine rings is 2. The van der Waals surface area contributed by atoms with E-state index < -0.39 is 18.8 Å². The number of aliphatic hydroxyl groups is 1. The van der Waals surface area contributed by atoms with Crippen molar-refractivity contribution in [1.29, 1.82) is 0 Å². The number of hydrogen-bond acceptors (Lipinski definition) is 12. The van der Waals surface area contributed by atoms with Gasteiger partial charge in [-0.15, -0.1) is 0 Å². The van der Waals surface area contributed by atoms with E-state index in [1.807, 2.05) is 100 Å². The molecule has 378 valence electrons. The van der Waals surface area contributed by atoms with Crippen LogP contribution in [0.15, 0.2) is 98.1 Å². The summed E-state index contributed by atoms with van der Waals surface area (Å²) < 4.78 is 10.1. The van der Waals surface area contributed by atoms with Crippen LogP contribution in [0.25, 0.3) is 22.2 Å². The van der Waals surface area contributed by atoms with Crippen LogP contribution in [-0.4, -0.2) is 136 Å². The van der Waals surface area contributed by atoms with Gasteiger partial charge in [-0.2, -0.15) is 0 Å². The largest absolute Gasteiger partial charge is 0.444 e. The van der Waals surface area contributed by atoms with Crippen molar-refractivity contribution in [3.05, 3.63) is 164 Å². The molecule has 10 rings (SSSR count). The molecule has 4 aromatic heterocycles. The lowest BCUT2D eigenvalue weighted by Gasteiger charge is -2.40. The second kappa shape index (κ2) is 23.6. The molecule has 6 aromatic rings. The molecular weight excluding hydrogens is 1020 g/mol. The van der Waals surface area contributed by atoms with Crippen LogP contribution in [0.5, 0.6) is 0 Å². The highest BCUT2D eigenvalue weighted by molar-refractivity contribution is 9.15. The molecule has 1 amide bonds. The second-order valence-electron chi connectivity index (χ2n) is 18.9. The SMILES string of the molecule is C.CB(O)N1CCN([C@H]2c3ccc(Cl)cc3C(Br)=Cc3cccnc32)CC1.Cn1cncc1C(O)C1=Cc2cccnc2[C@@H](N2CCN(C(=O)OC(C)(C)C)CC2)c2ccc(Cl)cc21.Cn1cncc1C=O. The van der Waals surface area contributed by atoms with E-state index in [2.05, 4.69) is 58.7 Å². The summed E-state index contributed by atoms with van der Waals surface area (Å²) in [5, 5.41) is 22.7. The van der Waals surface area contributed by atoms with Crippen molar-refractivity contribution in [1.82, 2.24) is 48.6 Å². The number of amides is 1. The van der Waals surface area contributed by atoms with Gasteiger partial charge in [0.25, 0.3) is 0 Å². The predicted molar refractivity (Wildman–Crippen MR) is 290 cm³/mol. The Morgan fingerprint density at radius 3 is 1.82 bits per heavy atom. The number of carbonyl (C=O) groups excluding carboxylic acids is 2. The number of piperazine rings is 2. The number of fused-ring (bicyclic) bond motifs is 4. The number of ether oxygens (including phenoxy) is 1. The molecule has 0 bridgehead atoms. The first-order chi connectivity index (χ1) is 34.0. The Morgan fingerprint density at radius 2 is 1.32 bits per heavy atom. The lowest BCUT2D eigenvalue weighted by molar-refractivity contribution is 0.0117. The van der Waals surface area contributed by atoms with E-state index >= 15 is 0 Å². The number of aryl methyl sites for hydroxylation is 2. The van der Waals surface area contributed by atoms with E-state index in [9.17, 15) is 19.7 Å². The van der Waals surface area contributed by atoms with Crippen molar-refractivity contribution in [2.75, 3.05) is 52.4 Å². The van der Waals surface area contributed by atoms with Crippen LogP contribution in [0, 0.1) is 0 Å². The van der Waals surface area contributed by atoms with E-state index in [-0.39, 0.29) is 25.6 Å². The van der Waals surface area contributed by atoms with Crippen LogP contribution in [0.3, 0.4) is 0 Å². The summed E-state index contributed by atoms with van der Waals surface area (Å²) in [6.07, 6.45) is 13.8. The Labute approximate surface area is 441 Å². The Morgan fingerprint density at radius 1 is 0.792 bits per heavy atom. The molecule has 2 N–H and O–H groups in total. The van der Waals surface area contributed by atoms with Crippen LogP contribution < -0.4 is 0 Å². The fourth-order valence-corrected chi connectivity index (χ4v) is 10.3. The number of nitrogens with zero attached hydrogens (tertiary/aromatic N) is 10. The average Bonchev–Trinajstić information content (AvgIpc) is 3.92. The standard InChI is InChI=1S/C28H32ClN5O3.C19H20BBrClN3O.C5H6N2O.CH4/c1-28(2,3)37-27(36)34-12-10-33(11-13-34)25-20-8-7-19(29)15-21(20)22(14-18-6-5-9-31-24(18)25)26(35)23-16-30-17-32(23)4;1-20(26)25-9-7-24(8-10-25)19-15-5-4-14(22)12-16(15)17(21)11-13-3-2-6-23-18(13)19;1-7-4-6-2-5(7)3-8;/h5-9,14-17,25-26,35H,10-13H2,1-4H3;2-6,11-12,19,26H,7-10H2,1H3;2-4H,1H3;1H4/t25-,26?;19-;;/m00../s1. The van der Waals surface area contributed by atoms with Crippen molar-refractivity contribution in [2.45, 2.75) is 58.8 Å². The van der Waals surface area contributed by atoms with Gasteiger partial charge in [0.05, 0.1) is 54.2 Å². The molecule has 15 nitrogen and oxygen atoms in total. The highest BCUT2D eigenvalue weighted by Gasteiger charge is 2.37. The molecule has 72 heavy (non-hydrogen) atoms. The minimum Gasteiger partial charge on any atom is -0.444 e. The predicted octanol–water partition coefficient (Wildman–Crippen LogP) is 9.33. The van der Waals surface area contributed by atoms with Crippen LogP contribution in [-0.2, 0) is 18.8 Å². The van der Waals surface area contributed by atoms with Crippen LogP contribution in [0.1, 0.15) is 107 Å². The molecule has 6 heterocycles. The smallest absolute Gasteiger partial charge is 0.410 e. The van der Waals surface area contributed by atoms with Gasteiger partial charge < -0.3 is 33.7 Å². The number of imidazole rings is 2. The molecule has 0 spiro atoms. The number of halogens is 3. The molecular formula is C53H62BBrCl2N10O5. The van der Waals surface area contributed by atoms with Crippen LogP contribution >= 0.6 is 39.1 Å². The first-order valence-electron chi connectivity index (χ1n) is 23.5. The quantitative estimate of drug-likeness (QED) is 0.121. The third-order valence-corrected chi connectivity index (χ3v) is 14.1. The maximum atomic E-state index is 12.7. The normalized spacial score (nSPS) is 18.2. The summed E-state index contributed by atoms with van der Waals surface area (Å²) in [5.41, 5.74) is 9.73. The second-order valence-corrected chi connectivity index (χ2v) is 20.6. The molecule has 1 unspecified atom stereocenters. The maximum absolute atomic E-state index is 12.7. The fourth-order valence-electron chi connectivity index (χ4n) is 9.40. The van der Waals surface area contributed by atoms with Gasteiger partial charge in [-0.05, 0) is 115 Å². The number of hydrogen-bond donors (Lipinski definition) is 2. The van der Waals surface area contributed by atoms with E-state index in [4.69, 9.17) is 37.9 Å². The minimum absolute atomic E-state index is 0. The van der Waals surface area contributed by atoms with Crippen molar-refractivity contribution in [3.63, 3.8) is 0 Å². The van der Waals surface area contributed by atoms with Gasteiger partial charge in [-0.1, -0.05) is 70.8 Å². The van der Waals surface area contributed by atoms with E-state index in [1.54, 1.807) is 41.6 Å². The third-order valence-electron chi connectivity index (χ3n) is 13.0. The van der Waals surface area contributed by atoms with Crippen molar-refractivity contribution in [2.24, 2.45) is 14.1 Å². The molecule has 0 radical (unpaired) electrons. The van der Waals surface area contributed by atoms with Gasteiger partial charge >= 0.3 is 13.1 Å². The molecule has 2 aliphatic heterocycles. The van der Waals surface area contributed by atoms with Gasteiger partial charge in [-0.3, -0.25) is 24.6 Å². The zero-order valence-corrected chi connectivity index (χ0v) is 43.8. The van der Waals surface area contributed by atoms with Gasteiger partial charge in [0.15, 0.2) is 6.29 Å². The summed E-state index contributed by atoms with van der Waals surface area (Å²) in [6.45, 7) is 13.3. The summed E-state index contributed by atoms with van der Waals surface area (Å²) >= 11 is 16.5. The Hall–Kier alpha value is -5.50. The van der Waals surface area contributed by atoms with Crippen molar-refractivity contribution < 1.29 is 24.5 Å². The third kappa shape index (κ3) is 12.3. The molecule has 2 aliphatic carbocycles. The number of aldehydes is 1. The van der Waals surface area contributed by atoms with Crippen molar-refractivity contribution >= 4 is 80.8 Å². The first-order valence-corrected chi connectivity index (χ1v) is 25.1. The molecule has 2 fully saturated rings. The Balaban J connectivity index is 0.000000188. The van der Waals surface area contributed by atoms with Gasteiger partial charge in [0, 0.05) is 93.4 Å². The summed E-state index contributed by atoms with van der Waals surface area (Å²) in [7, 11) is 3.24. The van der Waals surface area contributed by atoms with Crippen LogP contribution in [0.4, 0.5) is 4.79 Å². The van der Waals surface area contributed by atoms with Gasteiger partial charge in [0.1, 0.15) is 17.4 Å². The first kappa shape index (κ1) is 54.3. The number of benzene rings is 2. The molecule has 19 heteroatoms. The summed E-state index contributed by atoms with van der Waals surface area (Å²) in [4.78, 5) is 48.8. The Bertz CT molecular complexity index is 2920.